The van der Waals surface area contributed by atoms with Crippen LogP contribution in [0.4, 0.5) is 0 Å². The Labute approximate surface area is 136 Å². The Morgan fingerprint density at radius 2 is 2.13 bits per heavy atom. The molecule has 114 valence electrons. The zero-order valence-corrected chi connectivity index (χ0v) is 13.2. The molecule has 6 heteroatoms. The number of carbonyl (C=O) groups excluding carboxylic acids is 1. The summed E-state index contributed by atoms with van der Waals surface area (Å²) in [5, 5.41) is 0.777. The van der Waals surface area contributed by atoms with Gasteiger partial charge in [0.2, 0.25) is 0 Å². The fraction of sp³-hybridized carbons (Fsp3) is 0.118. The zero-order valence-electron chi connectivity index (χ0n) is 12.4. The smallest absolute Gasteiger partial charge is 0.358 e. The average Bonchev–Trinajstić information content (AvgIpc) is 3.15. The van der Waals surface area contributed by atoms with Crippen molar-refractivity contribution >= 4 is 33.2 Å². The van der Waals surface area contributed by atoms with Crippen LogP contribution in [0.5, 0.6) is 0 Å². The van der Waals surface area contributed by atoms with E-state index < -0.39 is 5.97 Å². The van der Waals surface area contributed by atoms with Crippen LogP contribution in [0, 0.1) is 6.92 Å². The molecule has 0 spiro atoms. The van der Waals surface area contributed by atoms with Crippen molar-refractivity contribution in [2.45, 2.75) is 13.5 Å². The minimum absolute atomic E-state index is 0.158. The van der Waals surface area contributed by atoms with E-state index in [1.807, 2.05) is 49.5 Å². The number of para-hydroxylation sites is 1. The number of hydrogen-bond donors (Lipinski definition) is 0. The number of imidazole rings is 1. The number of esters is 1. The molecule has 0 radical (unpaired) electrons. The molecule has 1 aromatic carbocycles. The van der Waals surface area contributed by atoms with Crippen LogP contribution in [-0.4, -0.2) is 20.3 Å². The standard InChI is InChI=1S/C17H13N3O2S/c1-11-6-7-20-9-13(18-15(20)8-11)17(21)22-10-16-19-12-4-2-3-5-14(12)23-16/h2-9H,10H2,1H3. The summed E-state index contributed by atoms with van der Waals surface area (Å²) in [6, 6.07) is 11.7. The molecule has 0 saturated heterocycles. The summed E-state index contributed by atoms with van der Waals surface area (Å²) in [5.41, 5.74) is 3.05. The molecule has 0 fully saturated rings. The monoisotopic (exact) mass is 323 g/mol. The number of hydrogen-bond acceptors (Lipinski definition) is 5. The van der Waals surface area contributed by atoms with Crippen LogP contribution < -0.4 is 0 Å². The Bertz CT molecular complexity index is 986. The van der Waals surface area contributed by atoms with Crippen molar-refractivity contribution in [1.82, 2.24) is 14.4 Å². The largest absolute Gasteiger partial charge is 0.454 e. The van der Waals surface area contributed by atoms with Crippen molar-refractivity contribution in [3.05, 3.63) is 65.1 Å². The molecular formula is C17H13N3O2S. The Morgan fingerprint density at radius 1 is 1.26 bits per heavy atom. The second kappa shape index (κ2) is 5.48. The van der Waals surface area contributed by atoms with Gasteiger partial charge in [0.1, 0.15) is 17.3 Å². The van der Waals surface area contributed by atoms with E-state index in [4.69, 9.17) is 4.74 Å². The summed E-state index contributed by atoms with van der Waals surface area (Å²) in [6.07, 6.45) is 3.55. The van der Waals surface area contributed by atoms with Crippen molar-refractivity contribution in [2.75, 3.05) is 0 Å². The summed E-state index contributed by atoms with van der Waals surface area (Å²) >= 11 is 1.53. The molecule has 0 atom stereocenters. The SMILES string of the molecule is Cc1ccn2cc(C(=O)OCc3nc4ccccc4s3)nc2c1. The molecule has 0 saturated carbocycles. The van der Waals surface area contributed by atoms with Gasteiger partial charge in [-0.1, -0.05) is 12.1 Å². The van der Waals surface area contributed by atoms with Crippen molar-refractivity contribution < 1.29 is 9.53 Å². The van der Waals surface area contributed by atoms with Gasteiger partial charge in [-0.3, -0.25) is 0 Å². The Hall–Kier alpha value is -2.73. The van der Waals surface area contributed by atoms with Gasteiger partial charge in [0.25, 0.3) is 0 Å². The van der Waals surface area contributed by atoms with Crippen molar-refractivity contribution in [1.29, 1.82) is 0 Å². The van der Waals surface area contributed by atoms with E-state index in [-0.39, 0.29) is 6.61 Å². The predicted octanol–water partition coefficient (Wildman–Crippen LogP) is 3.61. The summed E-state index contributed by atoms with van der Waals surface area (Å²) in [7, 11) is 0. The van der Waals surface area contributed by atoms with Crippen LogP contribution in [0.3, 0.4) is 0 Å². The fourth-order valence-electron chi connectivity index (χ4n) is 2.36. The lowest BCUT2D eigenvalue weighted by atomic mass is 10.3. The number of thiazole rings is 1. The van der Waals surface area contributed by atoms with Gasteiger partial charge >= 0.3 is 5.97 Å². The molecule has 0 amide bonds. The van der Waals surface area contributed by atoms with Crippen LogP contribution in [0.1, 0.15) is 21.1 Å². The van der Waals surface area contributed by atoms with Crippen LogP contribution in [0.25, 0.3) is 15.9 Å². The molecular weight excluding hydrogens is 310 g/mol. The maximum Gasteiger partial charge on any atom is 0.358 e. The molecule has 0 unspecified atom stereocenters. The maximum atomic E-state index is 12.2. The first-order valence-corrected chi connectivity index (χ1v) is 7.98. The van der Waals surface area contributed by atoms with Crippen LogP contribution in [-0.2, 0) is 11.3 Å². The number of benzene rings is 1. The van der Waals surface area contributed by atoms with E-state index in [2.05, 4.69) is 9.97 Å². The number of pyridine rings is 1. The van der Waals surface area contributed by atoms with E-state index in [9.17, 15) is 4.79 Å². The highest BCUT2D eigenvalue weighted by molar-refractivity contribution is 7.18. The molecule has 0 aliphatic heterocycles. The van der Waals surface area contributed by atoms with E-state index in [0.717, 1.165) is 26.4 Å². The average molecular weight is 323 g/mol. The number of aromatic nitrogens is 3. The Morgan fingerprint density at radius 3 is 3.00 bits per heavy atom. The van der Waals surface area contributed by atoms with Crippen LogP contribution in [0.15, 0.2) is 48.8 Å². The van der Waals surface area contributed by atoms with Gasteiger partial charge in [-0.25, -0.2) is 14.8 Å². The number of aryl methyl sites for hydroxylation is 1. The fourth-order valence-corrected chi connectivity index (χ4v) is 3.25. The van der Waals surface area contributed by atoms with Gasteiger partial charge in [-0.05, 0) is 36.8 Å². The minimum atomic E-state index is -0.439. The molecule has 0 N–H and O–H groups in total. The van der Waals surface area contributed by atoms with Gasteiger partial charge in [0.15, 0.2) is 5.69 Å². The number of carbonyl (C=O) groups is 1. The van der Waals surface area contributed by atoms with E-state index >= 15 is 0 Å². The lowest BCUT2D eigenvalue weighted by Gasteiger charge is -1.98. The van der Waals surface area contributed by atoms with Gasteiger partial charge < -0.3 is 9.14 Å². The molecule has 3 aromatic heterocycles. The molecule has 4 rings (SSSR count). The molecule has 3 heterocycles. The van der Waals surface area contributed by atoms with Gasteiger partial charge in [-0.2, -0.15) is 0 Å². The van der Waals surface area contributed by atoms with E-state index in [1.54, 1.807) is 10.6 Å². The quantitative estimate of drug-likeness (QED) is 0.540. The zero-order chi connectivity index (χ0) is 15.8. The molecule has 0 bridgehead atoms. The van der Waals surface area contributed by atoms with Crippen LogP contribution in [0.2, 0.25) is 0 Å². The van der Waals surface area contributed by atoms with Gasteiger partial charge in [0.05, 0.1) is 10.2 Å². The maximum absolute atomic E-state index is 12.2. The number of fused-ring (bicyclic) bond motifs is 2. The summed E-state index contributed by atoms with van der Waals surface area (Å²) in [6.45, 7) is 2.14. The van der Waals surface area contributed by atoms with Crippen molar-refractivity contribution in [2.24, 2.45) is 0 Å². The van der Waals surface area contributed by atoms with E-state index in [0.29, 0.717) is 5.69 Å². The highest BCUT2D eigenvalue weighted by Crippen LogP contribution is 2.22. The third kappa shape index (κ3) is 2.68. The predicted molar refractivity (Wildman–Crippen MR) is 88.7 cm³/mol. The van der Waals surface area contributed by atoms with E-state index in [1.165, 1.54) is 11.3 Å². The second-order valence-electron chi connectivity index (χ2n) is 5.25. The molecule has 23 heavy (non-hydrogen) atoms. The summed E-state index contributed by atoms with van der Waals surface area (Å²) < 4.78 is 8.23. The topological polar surface area (TPSA) is 56.5 Å². The molecule has 0 aliphatic rings. The van der Waals surface area contributed by atoms with Crippen molar-refractivity contribution in [3.63, 3.8) is 0 Å². The number of nitrogens with zero attached hydrogens (tertiary/aromatic N) is 3. The lowest BCUT2D eigenvalue weighted by Crippen LogP contribution is -2.05. The van der Waals surface area contributed by atoms with Gasteiger partial charge in [0, 0.05) is 12.4 Å². The third-order valence-electron chi connectivity index (χ3n) is 3.49. The van der Waals surface area contributed by atoms with Gasteiger partial charge in [-0.15, -0.1) is 11.3 Å². The highest BCUT2D eigenvalue weighted by atomic mass is 32.1. The first-order chi connectivity index (χ1) is 11.2. The van der Waals surface area contributed by atoms with Crippen LogP contribution >= 0.6 is 11.3 Å². The normalized spacial score (nSPS) is 11.2. The highest BCUT2D eigenvalue weighted by Gasteiger charge is 2.13. The first kappa shape index (κ1) is 13.9. The lowest BCUT2D eigenvalue weighted by molar-refractivity contribution is 0.0466. The summed E-state index contributed by atoms with van der Waals surface area (Å²) in [4.78, 5) is 20.9. The third-order valence-corrected chi connectivity index (χ3v) is 4.50. The number of ether oxygens (including phenoxy) is 1. The molecule has 5 nitrogen and oxygen atoms in total. The summed E-state index contributed by atoms with van der Waals surface area (Å²) in [5.74, 6) is -0.439. The first-order valence-electron chi connectivity index (χ1n) is 7.16. The number of rotatable bonds is 3. The molecule has 4 aromatic rings. The molecule has 0 aliphatic carbocycles. The Kier molecular flexibility index (Phi) is 3.31. The minimum Gasteiger partial charge on any atom is -0.454 e. The Balaban J connectivity index is 1.52. The van der Waals surface area contributed by atoms with Crippen molar-refractivity contribution in [3.8, 4) is 0 Å². The second-order valence-corrected chi connectivity index (χ2v) is 6.36.